The number of carbonyl (C=O) groups excluding carboxylic acids is 4. The zero-order valence-corrected chi connectivity index (χ0v) is 25.7. The second kappa shape index (κ2) is 10.3. The van der Waals surface area contributed by atoms with E-state index in [0.29, 0.717) is 24.0 Å². The fraction of sp³-hybridized carbons (Fsp3) is 0.529. The van der Waals surface area contributed by atoms with Crippen LogP contribution in [0.5, 0.6) is 0 Å². The number of ketones is 2. The fourth-order valence-corrected chi connectivity index (χ4v) is 7.24. The van der Waals surface area contributed by atoms with Gasteiger partial charge in [0.05, 0.1) is 0 Å². The van der Waals surface area contributed by atoms with Crippen molar-refractivity contribution in [1.29, 1.82) is 0 Å². The van der Waals surface area contributed by atoms with E-state index in [-0.39, 0.29) is 23.4 Å². The average molecular weight is 576 g/mol. The molecule has 4 aliphatic rings. The van der Waals surface area contributed by atoms with Gasteiger partial charge in [-0.25, -0.2) is 9.59 Å². The number of carbonyl (C=O) groups is 4. The van der Waals surface area contributed by atoms with Gasteiger partial charge in [0.15, 0.2) is 17.7 Å². The monoisotopic (exact) mass is 575 g/mol. The van der Waals surface area contributed by atoms with Crippen LogP contribution in [0.4, 0.5) is 4.79 Å². The standard InChI is InChI=1S/C34H41NO7/c1-19-14-15-23-21(18-22-24(36)16-17-25(37)26(22)33(23,5)6)28(19)40-30(38)29-27(20-12-10-9-11-13-20)35(34(7,8)41-29)31(39)42-32(2,3)4/h9-14,16-17,21,23,27-29H,15,18H2,1-8H3/t21?,23-,27+,28?,29-/m1/s1. The number of ether oxygens (including phenoxy) is 3. The minimum absolute atomic E-state index is 0.00915. The van der Waals surface area contributed by atoms with Crippen molar-refractivity contribution >= 4 is 23.6 Å². The Bertz CT molecular complexity index is 1410. The molecule has 5 rings (SSSR count). The van der Waals surface area contributed by atoms with E-state index in [2.05, 4.69) is 6.08 Å². The lowest BCUT2D eigenvalue weighted by Crippen LogP contribution is -2.49. The zero-order chi connectivity index (χ0) is 30.8. The first-order valence-corrected chi connectivity index (χ1v) is 14.7. The van der Waals surface area contributed by atoms with Crippen molar-refractivity contribution in [1.82, 2.24) is 4.90 Å². The van der Waals surface area contributed by atoms with Gasteiger partial charge in [0.1, 0.15) is 23.5 Å². The molecule has 1 fully saturated rings. The van der Waals surface area contributed by atoms with Crippen molar-refractivity contribution in [2.45, 2.75) is 97.8 Å². The minimum Gasteiger partial charge on any atom is -0.456 e. The number of nitrogens with zero attached hydrogens (tertiary/aromatic N) is 1. The van der Waals surface area contributed by atoms with E-state index in [0.717, 1.165) is 11.1 Å². The third-order valence-corrected chi connectivity index (χ3v) is 9.06. The minimum atomic E-state index is -1.17. The van der Waals surface area contributed by atoms with Crippen LogP contribution in [0.2, 0.25) is 0 Å². The van der Waals surface area contributed by atoms with Crippen molar-refractivity contribution < 1.29 is 33.4 Å². The van der Waals surface area contributed by atoms with Gasteiger partial charge in [-0.05, 0) is 89.0 Å². The third kappa shape index (κ3) is 5.14. The molecule has 42 heavy (non-hydrogen) atoms. The first-order valence-electron chi connectivity index (χ1n) is 14.7. The molecule has 8 heteroatoms. The van der Waals surface area contributed by atoms with Gasteiger partial charge in [-0.3, -0.25) is 14.5 Å². The maximum absolute atomic E-state index is 14.1. The number of fused-ring (bicyclic) bond motifs is 1. The summed E-state index contributed by atoms with van der Waals surface area (Å²) in [6.07, 6.45) is 3.52. The van der Waals surface area contributed by atoms with E-state index in [1.165, 1.54) is 17.1 Å². The van der Waals surface area contributed by atoms with Crippen LogP contribution in [-0.2, 0) is 28.6 Å². The Morgan fingerprint density at radius 1 is 1.00 bits per heavy atom. The van der Waals surface area contributed by atoms with E-state index in [1.807, 2.05) is 51.1 Å². The molecular weight excluding hydrogens is 534 g/mol. The maximum Gasteiger partial charge on any atom is 0.413 e. The van der Waals surface area contributed by atoms with Gasteiger partial charge in [0.25, 0.3) is 0 Å². The summed E-state index contributed by atoms with van der Waals surface area (Å²) in [5.41, 5.74) is 0.210. The van der Waals surface area contributed by atoms with Crippen LogP contribution >= 0.6 is 0 Å². The average Bonchev–Trinajstić information content (AvgIpc) is 3.18. The predicted octanol–water partition coefficient (Wildman–Crippen LogP) is 6.03. The molecular formula is C34H41NO7. The smallest absolute Gasteiger partial charge is 0.413 e. The van der Waals surface area contributed by atoms with E-state index in [1.54, 1.807) is 34.6 Å². The molecule has 1 aromatic carbocycles. The Hall–Kier alpha value is -3.52. The molecule has 1 aromatic rings. The van der Waals surface area contributed by atoms with Gasteiger partial charge in [-0.15, -0.1) is 0 Å². The van der Waals surface area contributed by atoms with Gasteiger partial charge >= 0.3 is 12.1 Å². The highest BCUT2D eigenvalue weighted by Crippen LogP contribution is 2.55. The summed E-state index contributed by atoms with van der Waals surface area (Å²) in [4.78, 5) is 55.0. The van der Waals surface area contributed by atoms with Crippen LogP contribution in [0.3, 0.4) is 0 Å². The number of esters is 1. The number of rotatable bonds is 3. The molecule has 1 saturated heterocycles. The SMILES string of the molecule is CC1=CC[C@@H]2C(CC3=C(C(=O)C=CC3=O)C2(C)C)C1OC(=O)[C@@H]1OC(C)(C)N(C(=O)OC(C)(C)C)[C@H]1c1ccccc1. The predicted molar refractivity (Wildman–Crippen MR) is 156 cm³/mol. The number of amides is 1. The second-order valence-electron chi connectivity index (χ2n) is 13.8. The van der Waals surface area contributed by atoms with Crippen molar-refractivity contribution in [3.63, 3.8) is 0 Å². The Balaban J connectivity index is 1.49. The lowest BCUT2D eigenvalue weighted by atomic mass is 9.54. The van der Waals surface area contributed by atoms with E-state index in [4.69, 9.17) is 14.2 Å². The van der Waals surface area contributed by atoms with Crippen molar-refractivity contribution in [2.75, 3.05) is 0 Å². The molecule has 224 valence electrons. The molecule has 0 spiro atoms. The summed E-state index contributed by atoms with van der Waals surface area (Å²) in [5, 5.41) is 0. The molecule has 0 bridgehead atoms. The third-order valence-electron chi connectivity index (χ3n) is 9.06. The molecule has 1 amide bonds. The van der Waals surface area contributed by atoms with Gasteiger partial charge in [0.2, 0.25) is 0 Å². The van der Waals surface area contributed by atoms with Crippen LogP contribution in [0.15, 0.2) is 65.3 Å². The quantitative estimate of drug-likeness (QED) is 0.247. The fourth-order valence-electron chi connectivity index (χ4n) is 7.24. The molecule has 5 atom stereocenters. The first kappa shape index (κ1) is 30.0. The Kier molecular flexibility index (Phi) is 7.37. The highest BCUT2D eigenvalue weighted by Gasteiger charge is 2.57. The summed E-state index contributed by atoms with van der Waals surface area (Å²) in [6.45, 7) is 14.8. The Morgan fingerprint density at radius 3 is 2.29 bits per heavy atom. The molecule has 1 aliphatic heterocycles. The van der Waals surface area contributed by atoms with Gasteiger partial charge in [-0.1, -0.05) is 50.3 Å². The number of hydrogen-bond donors (Lipinski definition) is 0. The summed E-state index contributed by atoms with van der Waals surface area (Å²) >= 11 is 0. The Labute approximate surface area is 247 Å². The summed E-state index contributed by atoms with van der Waals surface area (Å²) in [5.74, 6) is -1.08. The van der Waals surface area contributed by atoms with Gasteiger partial charge in [0, 0.05) is 17.1 Å². The molecule has 0 aromatic heterocycles. The van der Waals surface area contributed by atoms with Crippen LogP contribution in [0.25, 0.3) is 0 Å². The van der Waals surface area contributed by atoms with Gasteiger partial charge in [-0.2, -0.15) is 0 Å². The lowest BCUT2D eigenvalue weighted by molar-refractivity contribution is -0.170. The number of benzene rings is 1. The largest absolute Gasteiger partial charge is 0.456 e. The second-order valence-corrected chi connectivity index (χ2v) is 13.8. The number of allylic oxidation sites excluding steroid dienone is 5. The van der Waals surface area contributed by atoms with Crippen molar-refractivity contribution in [3.05, 3.63) is 70.8 Å². The topological polar surface area (TPSA) is 99.2 Å². The molecule has 0 radical (unpaired) electrons. The number of hydrogen-bond acceptors (Lipinski definition) is 7. The molecule has 1 heterocycles. The van der Waals surface area contributed by atoms with Gasteiger partial charge < -0.3 is 14.2 Å². The molecule has 2 unspecified atom stereocenters. The summed E-state index contributed by atoms with van der Waals surface area (Å²) in [7, 11) is 0. The van der Waals surface area contributed by atoms with Crippen molar-refractivity contribution in [3.8, 4) is 0 Å². The van der Waals surface area contributed by atoms with Crippen LogP contribution in [0.1, 0.15) is 79.8 Å². The summed E-state index contributed by atoms with van der Waals surface area (Å²) < 4.78 is 18.4. The van der Waals surface area contributed by atoms with Crippen molar-refractivity contribution in [2.24, 2.45) is 17.3 Å². The van der Waals surface area contributed by atoms with E-state index >= 15 is 0 Å². The zero-order valence-electron chi connectivity index (χ0n) is 25.7. The van der Waals surface area contributed by atoms with E-state index < -0.39 is 47.1 Å². The van der Waals surface area contributed by atoms with Crippen LogP contribution in [0, 0.1) is 17.3 Å². The molecule has 0 N–H and O–H groups in total. The highest BCUT2D eigenvalue weighted by atomic mass is 16.6. The summed E-state index contributed by atoms with van der Waals surface area (Å²) in [6, 6.07) is 8.48. The van der Waals surface area contributed by atoms with Crippen LogP contribution in [-0.4, -0.2) is 52.1 Å². The lowest BCUT2D eigenvalue weighted by Gasteiger charge is -2.50. The maximum atomic E-state index is 14.1. The van der Waals surface area contributed by atoms with E-state index in [9.17, 15) is 19.2 Å². The molecule has 3 aliphatic carbocycles. The molecule has 0 saturated carbocycles. The highest BCUT2D eigenvalue weighted by molar-refractivity contribution is 6.20. The first-order chi connectivity index (χ1) is 19.5. The molecule has 8 nitrogen and oxygen atoms in total. The Morgan fingerprint density at radius 2 is 1.64 bits per heavy atom. The normalized spacial score (nSPS) is 30.0. The van der Waals surface area contributed by atoms with Crippen LogP contribution < -0.4 is 0 Å².